The molecule has 0 unspecified atom stereocenters. The van der Waals surface area contributed by atoms with E-state index in [0.717, 1.165) is 11.0 Å². The van der Waals surface area contributed by atoms with Gasteiger partial charge in [-0.3, -0.25) is 0 Å². The predicted octanol–water partition coefficient (Wildman–Crippen LogP) is 1.69. The van der Waals surface area contributed by atoms with Crippen molar-refractivity contribution in [3.63, 3.8) is 0 Å². The topological polar surface area (TPSA) is 35.2 Å². The Morgan fingerprint density at radius 2 is 1.60 bits per heavy atom. The van der Waals surface area contributed by atoms with Crippen LogP contribution in [0.5, 0.6) is 0 Å². The van der Waals surface area contributed by atoms with E-state index in [9.17, 15) is 0 Å². The van der Waals surface area contributed by atoms with Crippen molar-refractivity contribution >= 4 is 22.4 Å². The van der Waals surface area contributed by atoms with Crippen molar-refractivity contribution in [3.05, 3.63) is 18.5 Å². The van der Waals surface area contributed by atoms with Gasteiger partial charge in [-0.1, -0.05) is 0 Å². The van der Waals surface area contributed by atoms with Gasteiger partial charge in [-0.05, 0) is 12.1 Å². The van der Waals surface area contributed by atoms with Gasteiger partial charge in [0.15, 0.2) is 0 Å². The van der Waals surface area contributed by atoms with E-state index in [1.54, 1.807) is 6.33 Å². The number of nitrogens with zero attached hydrogens (tertiary/aromatic N) is 3. The fourth-order valence-corrected chi connectivity index (χ4v) is 1.68. The fraction of sp³-hybridized carbons (Fsp3) is 0.364. The van der Waals surface area contributed by atoms with Gasteiger partial charge in [0.05, 0.1) is 28.7 Å². The molecule has 4 heteroatoms. The van der Waals surface area contributed by atoms with Crippen molar-refractivity contribution in [1.82, 2.24) is 9.97 Å². The molecular weight excluding hydrogens is 188 g/mol. The number of rotatable bonds is 2. The Bertz CT molecular complexity index is 428. The molecule has 0 amide bonds. The number of hydrogen-bond acceptors (Lipinski definition) is 3. The van der Waals surface area contributed by atoms with E-state index in [1.165, 1.54) is 11.4 Å². The van der Waals surface area contributed by atoms with Gasteiger partial charge in [-0.25, -0.2) is 4.98 Å². The average Bonchev–Trinajstić information content (AvgIpc) is 2.61. The quantitative estimate of drug-likeness (QED) is 0.808. The molecule has 0 aliphatic heterocycles. The minimum atomic E-state index is 1.00. The van der Waals surface area contributed by atoms with E-state index in [2.05, 4.69) is 31.9 Å². The van der Waals surface area contributed by atoms with Crippen molar-refractivity contribution in [2.45, 2.75) is 0 Å². The van der Waals surface area contributed by atoms with Crippen LogP contribution >= 0.6 is 0 Å². The Hall–Kier alpha value is -1.71. The maximum atomic E-state index is 4.26. The number of anilines is 2. The van der Waals surface area contributed by atoms with Crippen LogP contribution in [-0.4, -0.2) is 38.2 Å². The minimum Gasteiger partial charge on any atom is -0.376 e. The van der Waals surface area contributed by atoms with Gasteiger partial charge in [0, 0.05) is 28.2 Å². The smallest absolute Gasteiger partial charge is 0.0931 e. The van der Waals surface area contributed by atoms with E-state index >= 15 is 0 Å². The van der Waals surface area contributed by atoms with Gasteiger partial charge in [0.1, 0.15) is 0 Å². The van der Waals surface area contributed by atoms with E-state index in [4.69, 9.17) is 0 Å². The van der Waals surface area contributed by atoms with Gasteiger partial charge in [-0.15, -0.1) is 0 Å². The number of nitrogens with one attached hydrogen (secondary N) is 1. The number of H-pyrrole nitrogens is 1. The van der Waals surface area contributed by atoms with Crippen molar-refractivity contribution in [2.24, 2.45) is 0 Å². The van der Waals surface area contributed by atoms with Crippen molar-refractivity contribution < 1.29 is 0 Å². The molecule has 0 atom stereocenters. The van der Waals surface area contributed by atoms with Crippen LogP contribution in [0.1, 0.15) is 0 Å². The summed E-state index contributed by atoms with van der Waals surface area (Å²) in [7, 11) is 8.18. The summed E-state index contributed by atoms with van der Waals surface area (Å²) < 4.78 is 0. The third-order valence-electron chi connectivity index (χ3n) is 2.48. The molecule has 4 nitrogen and oxygen atoms in total. The van der Waals surface area contributed by atoms with Crippen LogP contribution in [0.15, 0.2) is 18.5 Å². The number of benzene rings is 1. The average molecular weight is 204 g/mol. The summed E-state index contributed by atoms with van der Waals surface area (Å²) in [6.07, 6.45) is 1.73. The first-order chi connectivity index (χ1) is 7.09. The molecule has 1 heterocycles. The molecule has 0 aliphatic rings. The maximum absolute atomic E-state index is 4.26. The second kappa shape index (κ2) is 3.46. The van der Waals surface area contributed by atoms with Crippen molar-refractivity contribution in [1.29, 1.82) is 0 Å². The zero-order valence-corrected chi connectivity index (χ0v) is 9.57. The molecule has 0 saturated carbocycles. The Labute approximate surface area is 89.5 Å². The van der Waals surface area contributed by atoms with Crippen LogP contribution in [0, 0.1) is 0 Å². The first-order valence-corrected chi connectivity index (χ1v) is 4.91. The minimum absolute atomic E-state index is 1.00. The largest absolute Gasteiger partial charge is 0.376 e. The van der Waals surface area contributed by atoms with Gasteiger partial charge < -0.3 is 14.8 Å². The number of aromatic amines is 1. The molecule has 80 valence electrons. The van der Waals surface area contributed by atoms with E-state index in [0.29, 0.717) is 0 Å². The molecule has 0 spiro atoms. The second-order valence-corrected chi connectivity index (χ2v) is 4.05. The third kappa shape index (κ3) is 1.63. The molecule has 1 aromatic carbocycles. The lowest BCUT2D eigenvalue weighted by atomic mass is 10.2. The highest BCUT2D eigenvalue weighted by Gasteiger charge is 2.09. The zero-order chi connectivity index (χ0) is 11.0. The third-order valence-corrected chi connectivity index (χ3v) is 2.48. The molecule has 1 N–H and O–H groups in total. The predicted molar refractivity (Wildman–Crippen MR) is 64.7 cm³/mol. The SMILES string of the molecule is CN(C)c1cc2nc[nH]c2cc1N(C)C. The number of hydrogen-bond donors (Lipinski definition) is 1. The molecular formula is C11H16N4. The number of fused-ring (bicyclic) bond motifs is 1. The van der Waals surface area contributed by atoms with Crippen LogP contribution in [0.3, 0.4) is 0 Å². The lowest BCUT2D eigenvalue weighted by molar-refractivity contribution is 1.08. The van der Waals surface area contributed by atoms with Gasteiger partial charge in [0.2, 0.25) is 0 Å². The number of aromatic nitrogens is 2. The molecule has 1 aromatic heterocycles. The Kier molecular flexibility index (Phi) is 2.26. The van der Waals surface area contributed by atoms with E-state index in [-0.39, 0.29) is 0 Å². The summed E-state index contributed by atoms with van der Waals surface area (Å²) in [6, 6.07) is 4.22. The Morgan fingerprint density at radius 3 is 2.20 bits per heavy atom. The van der Waals surface area contributed by atoms with Crippen LogP contribution in [0.25, 0.3) is 11.0 Å². The molecule has 0 radical (unpaired) electrons. The van der Waals surface area contributed by atoms with E-state index in [1.807, 2.05) is 28.2 Å². The summed E-state index contributed by atoms with van der Waals surface area (Å²) in [5.74, 6) is 0. The Balaban J connectivity index is 2.68. The van der Waals surface area contributed by atoms with E-state index < -0.39 is 0 Å². The number of imidazole rings is 1. The molecule has 0 aliphatic carbocycles. The normalized spacial score (nSPS) is 10.7. The summed E-state index contributed by atoms with van der Waals surface area (Å²) in [4.78, 5) is 11.6. The summed E-state index contributed by atoms with van der Waals surface area (Å²) in [5.41, 5.74) is 4.45. The first kappa shape index (κ1) is 9.83. The fourth-order valence-electron chi connectivity index (χ4n) is 1.68. The van der Waals surface area contributed by atoms with Crippen molar-refractivity contribution in [2.75, 3.05) is 38.0 Å². The lowest BCUT2D eigenvalue weighted by Gasteiger charge is -2.22. The summed E-state index contributed by atoms with van der Waals surface area (Å²) in [6.45, 7) is 0. The molecule has 0 bridgehead atoms. The van der Waals surface area contributed by atoms with Crippen LogP contribution in [0.2, 0.25) is 0 Å². The summed E-state index contributed by atoms with van der Waals surface area (Å²) >= 11 is 0. The van der Waals surface area contributed by atoms with Crippen LogP contribution in [0.4, 0.5) is 11.4 Å². The highest BCUT2D eigenvalue weighted by atomic mass is 15.1. The van der Waals surface area contributed by atoms with Gasteiger partial charge >= 0.3 is 0 Å². The zero-order valence-electron chi connectivity index (χ0n) is 9.57. The molecule has 0 fully saturated rings. The molecule has 15 heavy (non-hydrogen) atoms. The summed E-state index contributed by atoms with van der Waals surface area (Å²) in [5, 5.41) is 0. The van der Waals surface area contributed by atoms with Crippen LogP contribution < -0.4 is 9.80 Å². The highest BCUT2D eigenvalue weighted by Crippen LogP contribution is 2.30. The Morgan fingerprint density at radius 1 is 1.00 bits per heavy atom. The van der Waals surface area contributed by atoms with Gasteiger partial charge in [0.25, 0.3) is 0 Å². The monoisotopic (exact) mass is 204 g/mol. The second-order valence-electron chi connectivity index (χ2n) is 4.05. The molecule has 0 saturated heterocycles. The van der Waals surface area contributed by atoms with Crippen LogP contribution in [-0.2, 0) is 0 Å². The molecule has 2 rings (SSSR count). The van der Waals surface area contributed by atoms with Crippen molar-refractivity contribution in [3.8, 4) is 0 Å². The first-order valence-electron chi connectivity index (χ1n) is 4.91. The lowest BCUT2D eigenvalue weighted by Crippen LogP contribution is -2.16. The molecule has 2 aromatic rings. The van der Waals surface area contributed by atoms with Gasteiger partial charge in [-0.2, -0.15) is 0 Å². The standard InChI is InChI=1S/C11H16N4/c1-14(2)10-5-8-9(13-7-12-8)6-11(10)15(3)4/h5-7H,1-4H3,(H,12,13). The highest BCUT2D eigenvalue weighted by molar-refractivity contribution is 5.88. The maximum Gasteiger partial charge on any atom is 0.0931 e.